The molecule has 1 aliphatic rings. The van der Waals surface area contributed by atoms with E-state index in [1.165, 1.54) is 0 Å². The summed E-state index contributed by atoms with van der Waals surface area (Å²) in [5.41, 5.74) is 0. The van der Waals surface area contributed by atoms with Gasteiger partial charge in [0.05, 0.1) is 13.1 Å². The van der Waals surface area contributed by atoms with Gasteiger partial charge < -0.3 is 12.4 Å². The van der Waals surface area contributed by atoms with E-state index in [1.807, 2.05) is 9.48 Å². The average molecular weight is 209 g/mol. The fourth-order valence-electron chi connectivity index (χ4n) is 1.57. The van der Waals surface area contributed by atoms with Crippen LogP contribution in [-0.4, -0.2) is 41.7 Å². The van der Waals surface area contributed by atoms with Gasteiger partial charge in [0.15, 0.2) is 0 Å². The number of nitrogens with zero attached hydrogens (tertiary/aromatic N) is 2. The minimum atomic E-state index is -0.0151. The van der Waals surface area contributed by atoms with E-state index in [4.69, 9.17) is 0 Å². The van der Waals surface area contributed by atoms with Crippen LogP contribution in [0.5, 0.6) is 0 Å². The Labute approximate surface area is 85.8 Å². The summed E-state index contributed by atoms with van der Waals surface area (Å²) in [7, 11) is 0. The maximum absolute atomic E-state index is 13.4. The van der Waals surface area contributed by atoms with Gasteiger partial charge in [-0.15, -0.1) is 4.39 Å². The summed E-state index contributed by atoms with van der Waals surface area (Å²) >= 11 is 0. The summed E-state index contributed by atoms with van der Waals surface area (Å²) < 4.78 is 15.2. The van der Waals surface area contributed by atoms with Gasteiger partial charge in [-0.3, -0.25) is 0 Å². The van der Waals surface area contributed by atoms with E-state index in [0.717, 1.165) is 39.0 Å². The molecule has 4 heteroatoms. The zero-order valence-corrected chi connectivity index (χ0v) is 9.15. The second-order valence-electron chi connectivity index (χ2n) is 3.24. The van der Waals surface area contributed by atoms with Crippen molar-refractivity contribution in [3.8, 4) is 0 Å². The highest BCUT2D eigenvalue weighted by atomic mass is 35.5. The van der Waals surface area contributed by atoms with Crippen molar-refractivity contribution in [3.63, 3.8) is 0 Å². The molecule has 2 nitrogen and oxygen atoms in total. The van der Waals surface area contributed by atoms with Crippen LogP contribution in [0, 0.1) is 0 Å². The third kappa shape index (κ3) is 3.14. The standard InChI is InChI=1S/C9H18FN2.ClH/c1-3-5-11-7-8-12(6-4-2)9(11)10;/h3-8H2,1-2H3;1H/q+1;/p-1. The van der Waals surface area contributed by atoms with Crippen LogP contribution < -0.4 is 12.4 Å². The molecule has 0 aromatic carbocycles. The smallest absolute Gasteiger partial charge is 0.436 e. The molecule has 0 aliphatic carbocycles. The van der Waals surface area contributed by atoms with Gasteiger partial charge in [-0.1, -0.05) is 13.8 Å². The van der Waals surface area contributed by atoms with Gasteiger partial charge in [-0.25, -0.2) is 9.48 Å². The molecule has 1 aliphatic heterocycles. The number of hydrogen-bond acceptors (Lipinski definition) is 1. The molecule has 0 fully saturated rings. The Morgan fingerprint density at radius 3 is 2.62 bits per heavy atom. The third-order valence-corrected chi connectivity index (χ3v) is 2.15. The molecule has 0 N–H and O–H groups in total. The Kier molecular flexibility index (Phi) is 6.04. The summed E-state index contributed by atoms with van der Waals surface area (Å²) in [4.78, 5) is 1.83. The first-order valence-electron chi connectivity index (χ1n) is 4.82. The van der Waals surface area contributed by atoms with Crippen LogP contribution in [0.2, 0.25) is 0 Å². The highest BCUT2D eigenvalue weighted by Gasteiger charge is 2.29. The van der Waals surface area contributed by atoms with Gasteiger partial charge in [-0.2, -0.15) is 0 Å². The molecule has 78 valence electrons. The monoisotopic (exact) mass is 208 g/mol. The fourth-order valence-corrected chi connectivity index (χ4v) is 1.57. The minimum absolute atomic E-state index is 0. The van der Waals surface area contributed by atoms with Gasteiger partial charge in [-0.05, 0) is 12.8 Å². The molecular formula is C9H18ClFN2. The minimum Gasteiger partial charge on any atom is -1.00 e. The summed E-state index contributed by atoms with van der Waals surface area (Å²) in [5, 5.41) is 0. The zero-order chi connectivity index (χ0) is 8.97. The Bertz CT molecular complexity index is 182. The van der Waals surface area contributed by atoms with Crippen LogP contribution in [0.1, 0.15) is 26.7 Å². The molecule has 13 heavy (non-hydrogen) atoms. The van der Waals surface area contributed by atoms with Crippen molar-refractivity contribution in [3.05, 3.63) is 0 Å². The Balaban J connectivity index is 0.00000144. The first-order valence-corrected chi connectivity index (χ1v) is 4.82. The molecule has 0 saturated carbocycles. The lowest BCUT2D eigenvalue weighted by Gasteiger charge is -2.04. The lowest BCUT2D eigenvalue weighted by molar-refractivity contribution is -0.523. The SMILES string of the molecule is CCCN1CC[N+](CCC)=C1F.[Cl-]. The van der Waals surface area contributed by atoms with Gasteiger partial charge in [0.1, 0.15) is 13.1 Å². The van der Waals surface area contributed by atoms with Crippen molar-refractivity contribution in [1.82, 2.24) is 4.90 Å². The molecular weight excluding hydrogens is 191 g/mol. The van der Waals surface area contributed by atoms with Crippen LogP contribution in [-0.2, 0) is 0 Å². The van der Waals surface area contributed by atoms with Crippen molar-refractivity contribution < 1.29 is 21.4 Å². The van der Waals surface area contributed by atoms with Crippen molar-refractivity contribution in [1.29, 1.82) is 0 Å². The molecule has 1 rings (SSSR count). The summed E-state index contributed by atoms with van der Waals surface area (Å²) in [5.74, 6) is 0. The Morgan fingerprint density at radius 2 is 2.08 bits per heavy atom. The van der Waals surface area contributed by atoms with E-state index in [9.17, 15) is 4.39 Å². The number of amidine groups is 1. The van der Waals surface area contributed by atoms with Crippen LogP contribution >= 0.6 is 0 Å². The summed E-state index contributed by atoms with van der Waals surface area (Å²) in [6, 6.07) is 0. The molecule has 0 radical (unpaired) electrons. The molecule has 0 unspecified atom stereocenters. The fraction of sp³-hybridized carbons (Fsp3) is 0.889. The Hall–Kier alpha value is -0.310. The summed E-state index contributed by atoms with van der Waals surface area (Å²) in [6.45, 7) is 7.59. The number of hydrogen-bond donors (Lipinski definition) is 0. The van der Waals surface area contributed by atoms with E-state index >= 15 is 0 Å². The second-order valence-corrected chi connectivity index (χ2v) is 3.24. The molecule has 0 aromatic rings. The normalized spacial score (nSPS) is 16.4. The van der Waals surface area contributed by atoms with E-state index in [2.05, 4.69) is 13.8 Å². The molecule has 1 heterocycles. The van der Waals surface area contributed by atoms with Crippen LogP contribution in [0.3, 0.4) is 0 Å². The topological polar surface area (TPSA) is 6.25 Å². The van der Waals surface area contributed by atoms with Crippen molar-refractivity contribution in [2.24, 2.45) is 0 Å². The molecule has 0 saturated heterocycles. The molecule has 0 aromatic heterocycles. The molecule has 0 atom stereocenters. The predicted molar refractivity (Wildman–Crippen MR) is 48.3 cm³/mol. The van der Waals surface area contributed by atoms with Crippen molar-refractivity contribution in [2.45, 2.75) is 26.7 Å². The molecule has 0 amide bonds. The van der Waals surface area contributed by atoms with Crippen LogP contribution in [0.15, 0.2) is 0 Å². The largest absolute Gasteiger partial charge is 1.00 e. The molecule has 0 spiro atoms. The van der Waals surface area contributed by atoms with Gasteiger partial charge >= 0.3 is 6.09 Å². The quantitative estimate of drug-likeness (QED) is 0.401. The van der Waals surface area contributed by atoms with Crippen molar-refractivity contribution in [2.75, 3.05) is 26.2 Å². The number of rotatable bonds is 4. The molecule has 0 bridgehead atoms. The average Bonchev–Trinajstić information content (AvgIpc) is 2.38. The summed E-state index contributed by atoms with van der Waals surface area (Å²) in [6.07, 6.45) is 2.03. The predicted octanol–water partition coefficient (Wildman–Crippen LogP) is -1.54. The Morgan fingerprint density at radius 1 is 1.38 bits per heavy atom. The second kappa shape index (κ2) is 6.19. The van der Waals surface area contributed by atoms with Gasteiger partial charge in [0.25, 0.3) is 0 Å². The van der Waals surface area contributed by atoms with E-state index in [-0.39, 0.29) is 18.5 Å². The first kappa shape index (κ1) is 12.7. The highest BCUT2D eigenvalue weighted by Crippen LogP contribution is 2.04. The third-order valence-electron chi connectivity index (χ3n) is 2.15. The zero-order valence-electron chi connectivity index (χ0n) is 8.39. The van der Waals surface area contributed by atoms with Crippen LogP contribution in [0.4, 0.5) is 4.39 Å². The maximum atomic E-state index is 13.4. The lowest BCUT2D eigenvalue weighted by atomic mass is 10.4. The van der Waals surface area contributed by atoms with E-state index in [1.54, 1.807) is 0 Å². The maximum Gasteiger partial charge on any atom is 0.436 e. The van der Waals surface area contributed by atoms with Crippen LogP contribution in [0.25, 0.3) is 0 Å². The first-order chi connectivity index (χ1) is 5.79. The number of halogens is 2. The van der Waals surface area contributed by atoms with Crippen molar-refractivity contribution >= 4 is 6.09 Å². The van der Waals surface area contributed by atoms with Gasteiger partial charge in [0.2, 0.25) is 0 Å². The van der Waals surface area contributed by atoms with E-state index < -0.39 is 0 Å². The highest BCUT2D eigenvalue weighted by molar-refractivity contribution is 5.68. The van der Waals surface area contributed by atoms with E-state index in [0.29, 0.717) is 0 Å². The van der Waals surface area contributed by atoms with Gasteiger partial charge in [0, 0.05) is 0 Å². The lowest BCUT2D eigenvalue weighted by Crippen LogP contribution is -3.00.